The molecule has 0 amide bonds. The number of ether oxygens (including phenoxy) is 2. The zero-order valence-corrected chi connectivity index (χ0v) is 14.7. The predicted molar refractivity (Wildman–Crippen MR) is 94.0 cm³/mol. The van der Waals surface area contributed by atoms with Gasteiger partial charge in [0, 0.05) is 11.1 Å². The number of methoxy groups -OCH3 is 1. The number of nitrogens with zero attached hydrogens (tertiary/aromatic N) is 1. The zero-order valence-electron chi connectivity index (χ0n) is 13.1. The van der Waals surface area contributed by atoms with Gasteiger partial charge in [-0.25, -0.2) is 8.42 Å². The first-order valence-electron chi connectivity index (χ1n) is 7.02. The second kappa shape index (κ2) is 8.04. The lowest BCUT2D eigenvalue weighted by atomic mass is 10.3. The van der Waals surface area contributed by atoms with Crippen molar-refractivity contribution in [2.75, 3.05) is 24.2 Å². The highest BCUT2D eigenvalue weighted by Gasteiger charge is 2.19. The number of rotatable bonds is 8. The van der Waals surface area contributed by atoms with Gasteiger partial charge < -0.3 is 9.47 Å². The van der Waals surface area contributed by atoms with Crippen molar-refractivity contribution in [3.05, 3.63) is 57.6 Å². The third-order valence-corrected chi connectivity index (χ3v) is 4.57. The Hall–Kier alpha value is -2.52. The Bertz CT molecular complexity index is 855. The molecule has 0 aliphatic carbocycles. The van der Waals surface area contributed by atoms with Gasteiger partial charge in [0.2, 0.25) is 10.0 Å². The third-order valence-electron chi connectivity index (χ3n) is 3.10. The van der Waals surface area contributed by atoms with Gasteiger partial charge in [0.25, 0.3) is 5.69 Å². The maximum Gasteiger partial charge on any atom is 0.293 e. The fourth-order valence-electron chi connectivity index (χ4n) is 1.91. The minimum Gasteiger partial charge on any atom is -0.497 e. The summed E-state index contributed by atoms with van der Waals surface area (Å²) in [5, 5.41) is 11.1. The van der Waals surface area contributed by atoms with Crippen LogP contribution in [0.15, 0.2) is 42.5 Å². The highest BCUT2D eigenvalue weighted by molar-refractivity contribution is 7.92. The number of benzene rings is 2. The maximum absolute atomic E-state index is 12.1. The minimum absolute atomic E-state index is 0.129. The Kier molecular flexibility index (Phi) is 6.05. The Labute approximate surface area is 149 Å². The van der Waals surface area contributed by atoms with E-state index in [0.29, 0.717) is 11.5 Å². The topological polar surface area (TPSA) is 108 Å². The number of nitro benzene ring substituents is 1. The van der Waals surface area contributed by atoms with Crippen molar-refractivity contribution in [3.63, 3.8) is 0 Å². The molecule has 0 spiro atoms. The number of sulfonamides is 1. The van der Waals surface area contributed by atoms with Gasteiger partial charge in [-0.3, -0.25) is 14.8 Å². The van der Waals surface area contributed by atoms with Gasteiger partial charge in [0.15, 0.2) is 0 Å². The summed E-state index contributed by atoms with van der Waals surface area (Å²) in [4.78, 5) is 10.3. The molecule has 0 atom stereocenters. The summed E-state index contributed by atoms with van der Waals surface area (Å²) < 4.78 is 36.7. The molecular formula is C15H15ClN2O6S. The Morgan fingerprint density at radius 1 is 1.16 bits per heavy atom. The predicted octanol–water partition coefficient (Wildman–Crippen LogP) is 3.08. The van der Waals surface area contributed by atoms with Gasteiger partial charge in [-0.2, -0.15) is 0 Å². The molecule has 0 fully saturated rings. The number of nitrogens with one attached hydrogen (secondary N) is 1. The van der Waals surface area contributed by atoms with Crippen LogP contribution in [0.25, 0.3) is 0 Å². The summed E-state index contributed by atoms with van der Waals surface area (Å²) in [6.07, 6.45) is 0. The van der Waals surface area contributed by atoms with Crippen molar-refractivity contribution < 1.29 is 22.8 Å². The molecule has 0 unspecified atom stereocenters. The van der Waals surface area contributed by atoms with E-state index in [-0.39, 0.29) is 28.8 Å². The number of anilines is 1. The smallest absolute Gasteiger partial charge is 0.293 e. The zero-order chi connectivity index (χ0) is 18.4. The molecule has 8 nitrogen and oxygen atoms in total. The quantitative estimate of drug-likeness (QED) is 0.551. The van der Waals surface area contributed by atoms with Gasteiger partial charge in [0.05, 0.1) is 12.0 Å². The number of nitro groups is 1. The van der Waals surface area contributed by atoms with E-state index in [0.717, 1.165) is 6.07 Å². The van der Waals surface area contributed by atoms with Gasteiger partial charge in [-0.15, -0.1) is 0 Å². The van der Waals surface area contributed by atoms with E-state index in [9.17, 15) is 18.5 Å². The van der Waals surface area contributed by atoms with E-state index < -0.39 is 14.9 Å². The van der Waals surface area contributed by atoms with Crippen LogP contribution >= 0.6 is 11.6 Å². The van der Waals surface area contributed by atoms with Gasteiger partial charge in [-0.1, -0.05) is 11.6 Å². The third kappa shape index (κ3) is 5.50. The molecule has 0 saturated heterocycles. The lowest BCUT2D eigenvalue weighted by Crippen LogP contribution is -2.21. The van der Waals surface area contributed by atoms with E-state index in [1.807, 2.05) is 0 Å². The van der Waals surface area contributed by atoms with Crippen LogP contribution in [0, 0.1) is 10.1 Å². The second-order valence-electron chi connectivity index (χ2n) is 4.86. The van der Waals surface area contributed by atoms with Crippen LogP contribution in [0.5, 0.6) is 11.5 Å². The molecule has 2 aromatic carbocycles. The van der Waals surface area contributed by atoms with Crippen LogP contribution in [-0.4, -0.2) is 32.8 Å². The van der Waals surface area contributed by atoms with Crippen molar-refractivity contribution in [1.29, 1.82) is 0 Å². The van der Waals surface area contributed by atoms with Gasteiger partial charge >= 0.3 is 0 Å². The summed E-state index contributed by atoms with van der Waals surface area (Å²) in [7, 11) is -2.32. The summed E-state index contributed by atoms with van der Waals surface area (Å²) in [6, 6.07) is 10.3. The highest BCUT2D eigenvalue weighted by atomic mass is 35.5. The van der Waals surface area contributed by atoms with E-state index in [1.54, 1.807) is 24.3 Å². The SMILES string of the molecule is COc1ccc(OCCS(=O)(=O)Nc2cc(Cl)ccc2[N+](=O)[O-])cc1. The standard InChI is InChI=1S/C15H15ClN2O6S/c1-23-12-3-5-13(6-4-12)24-8-9-25(21,22)17-14-10-11(16)2-7-15(14)18(19)20/h2-7,10,17H,8-9H2,1H3. The monoisotopic (exact) mass is 386 g/mol. The summed E-state index contributed by atoms with van der Waals surface area (Å²) in [5.74, 6) is 0.738. The van der Waals surface area contributed by atoms with Crippen molar-refractivity contribution in [2.45, 2.75) is 0 Å². The second-order valence-corrected chi connectivity index (χ2v) is 7.14. The lowest BCUT2D eigenvalue weighted by molar-refractivity contribution is -0.383. The van der Waals surface area contributed by atoms with Crippen LogP contribution in [0.3, 0.4) is 0 Å². The van der Waals surface area contributed by atoms with Crippen LogP contribution in [0.4, 0.5) is 11.4 Å². The molecule has 1 N–H and O–H groups in total. The van der Waals surface area contributed by atoms with Gasteiger partial charge in [0.1, 0.15) is 29.5 Å². The molecule has 0 heterocycles. The number of hydrogen-bond donors (Lipinski definition) is 1. The van der Waals surface area contributed by atoms with E-state index in [1.165, 1.54) is 19.2 Å². The molecule has 0 aliphatic rings. The van der Waals surface area contributed by atoms with Crippen molar-refractivity contribution >= 4 is 33.0 Å². The normalized spacial score (nSPS) is 11.0. The lowest BCUT2D eigenvalue weighted by Gasteiger charge is -2.10. The fourth-order valence-corrected chi connectivity index (χ4v) is 2.98. The van der Waals surface area contributed by atoms with Gasteiger partial charge in [-0.05, 0) is 36.4 Å². The minimum atomic E-state index is -3.85. The molecule has 10 heteroatoms. The molecule has 0 radical (unpaired) electrons. The number of hydrogen-bond acceptors (Lipinski definition) is 6. The maximum atomic E-state index is 12.1. The average molecular weight is 387 g/mol. The summed E-state index contributed by atoms with van der Waals surface area (Å²) in [5.41, 5.74) is -0.578. The fraction of sp³-hybridized carbons (Fsp3) is 0.200. The van der Waals surface area contributed by atoms with Crippen molar-refractivity contribution in [3.8, 4) is 11.5 Å². The molecule has 0 saturated carbocycles. The molecule has 0 aromatic heterocycles. The Balaban J connectivity index is 2.00. The molecular weight excluding hydrogens is 372 g/mol. The molecule has 2 rings (SSSR count). The molecule has 134 valence electrons. The molecule has 0 aliphatic heterocycles. The van der Waals surface area contributed by atoms with Crippen LogP contribution < -0.4 is 14.2 Å². The van der Waals surface area contributed by atoms with Crippen molar-refractivity contribution in [1.82, 2.24) is 0 Å². The van der Waals surface area contributed by atoms with Crippen LogP contribution in [0.2, 0.25) is 5.02 Å². The van der Waals surface area contributed by atoms with E-state index >= 15 is 0 Å². The molecule has 0 bridgehead atoms. The van der Waals surface area contributed by atoms with E-state index in [2.05, 4.69) is 4.72 Å². The first kappa shape index (κ1) is 18.8. The first-order chi connectivity index (χ1) is 11.8. The van der Waals surface area contributed by atoms with Crippen molar-refractivity contribution in [2.24, 2.45) is 0 Å². The number of halogens is 1. The molecule has 25 heavy (non-hydrogen) atoms. The first-order valence-corrected chi connectivity index (χ1v) is 9.05. The largest absolute Gasteiger partial charge is 0.497 e. The Morgan fingerprint density at radius 2 is 1.80 bits per heavy atom. The van der Waals surface area contributed by atoms with Crippen LogP contribution in [0.1, 0.15) is 0 Å². The van der Waals surface area contributed by atoms with Crippen LogP contribution in [-0.2, 0) is 10.0 Å². The Morgan fingerprint density at radius 3 is 2.40 bits per heavy atom. The molecule has 2 aromatic rings. The summed E-state index contributed by atoms with van der Waals surface area (Å²) >= 11 is 5.77. The van der Waals surface area contributed by atoms with E-state index in [4.69, 9.17) is 21.1 Å². The average Bonchev–Trinajstić information content (AvgIpc) is 2.54. The highest BCUT2D eigenvalue weighted by Crippen LogP contribution is 2.28. The summed E-state index contributed by atoms with van der Waals surface area (Å²) in [6.45, 7) is -0.129.